The third-order valence-corrected chi connectivity index (χ3v) is 1.85. The largest absolute Gasteiger partial charge is 0.368 e. The molecule has 0 aromatic rings. The number of amides is 1. The van der Waals surface area contributed by atoms with E-state index in [2.05, 4.69) is 13.8 Å². The predicted octanol–water partition coefficient (Wildman–Crippen LogP) is 2.01. The summed E-state index contributed by atoms with van der Waals surface area (Å²) in [5, 5.41) is 0. The maximum Gasteiger partial charge on any atom is 0.234 e. The van der Waals surface area contributed by atoms with Gasteiger partial charge in [0.05, 0.1) is 6.04 Å². The van der Waals surface area contributed by atoms with Crippen molar-refractivity contribution in [3.05, 3.63) is 0 Å². The summed E-state index contributed by atoms with van der Waals surface area (Å²) in [5.41, 5.74) is 5.11. The molecule has 2 N–H and O–H groups in total. The normalized spacial score (nSPS) is 20.2. The van der Waals surface area contributed by atoms with Gasteiger partial charge >= 0.3 is 0 Å². The first kappa shape index (κ1) is 15.9. The van der Waals surface area contributed by atoms with Gasteiger partial charge in [-0.1, -0.05) is 34.1 Å². The van der Waals surface area contributed by atoms with Crippen molar-refractivity contribution in [1.29, 1.82) is 0 Å². The number of hydrogen-bond acceptors (Lipinski definition) is 2. The van der Waals surface area contributed by atoms with Crippen LogP contribution in [-0.2, 0) is 4.79 Å². The second-order valence-corrected chi connectivity index (χ2v) is 3.25. The molecule has 1 amide bonds. The summed E-state index contributed by atoms with van der Waals surface area (Å²) in [6.07, 6.45) is 3.29. The highest BCUT2D eigenvalue weighted by Crippen LogP contribution is 2.13. The monoisotopic (exact) mass is 202 g/mol. The van der Waals surface area contributed by atoms with Gasteiger partial charge in [-0.3, -0.25) is 9.69 Å². The van der Waals surface area contributed by atoms with E-state index < -0.39 is 0 Å². The number of hydrogen-bond donors (Lipinski definition) is 1. The number of carbonyl (C=O) groups is 1. The molecule has 3 heteroatoms. The smallest absolute Gasteiger partial charge is 0.234 e. The summed E-state index contributed by atoms with van der Waals surface area (Å²) in [4.78, 5) is 12.6. The molecule has 0 bridgehead atoms. The third-order valence-electron chi connectivity index (χ3n) is 1.85. The van der Waals surface area contributed by atoms with E-state index in [0.717, 1.165) is 19.4 Å². The molecule has 0 aromatic heterocycles. The lowest BCUT2D eigenvalue weighted by Crippen LogP contribution is -2.37. The molecule has 1 atom stereocenters. The third kappa shape index (κ3) is 6.89. The first-order valence-corrected chi connectivity index (χ1v) is 5.63. The maximum atomic E-state index is 10.6. The van der Waals surface area contributed by atoms with Crippen LogP contribution in [0.3, 0.4) is 0 Å². The lowest BCUT2D eigenvalue weighted by atomic mass is 10.2. The molecule has 0 radical (unpaired) electrons. The SMILES string of the molecule is CC.CCC.CN1CCCC1C(N)=O. The Morgan fingerprint density at radius 3 is 2.00 bits per heavy atom. The fourth-order valence-electron chi connectivity index (χ4n) is 1.27. The van der Waals surface area contributed by atoms with E-state index in [9.17, 15) is 4.79 Å². The zero-order valence-electron chi connectivity index (χ0n) is 10.3. The van der Waals surface area contributed by atoms with E-state index in [4.69, 9.17) is 5.73 Å². The van der Waals surface area contributed by atoms with Crippen LogP contribution in [0.2, 0.25) is 0 Å². The van der Waals surface area contributed by atoms with Gasteiger partial charge in [0, 0.05) is 0 Å². The van der Waals surface area contributed by atoms with E-state index in [0.29, 0.717) is 0 Å². The highest BCUT2D eigenvalue weighted by molar-refractivity contribution is 5.80. The predicted molar refractivity (Wildman–Crippen MR) is 62.2 cm³/mol. The van der Waals surface area contributed by atoms with E-state index in [1.165, 1.54) is 6.42 Å². The molecule has 1 saturated heterocycles. The van der Waals surface area contributed by atoms with E-state index in [1.54, 1.807) is 0 Å². The Bertz CT molecular complexity index is 137. The van der Waals surface area contributed by atoms with Gasteiger partial charge in [0.15, 0.2) is 0 Å². The van der Waals surface area contributed by atoms with Crippen LogP contribution in [0, 0.1) is 0 Å². The van der Waals surface area contributed by atoms with Crippen LogP contribution in [0.5, 0.6) is 0 Å². The van der Waals surface area contributed by atoms with Gasteiger partial charge in [-0.15, -0.1) is 0 Å². The molecule has 14 heavy (non-hydrogen) atoms. The average molecular weight is 202 g/mol. The van der Waals surface area contributed by atoms with Gasteiger partial charge in [0.25, 0.3) is 0 Å². The summed E-state index contributed by atoms with van der Waals surface area (Å²) in [6.45, 7) is 9.26. The minimum Gasteiger partial charge on any atom is -0.368 e. The van der Waals surface area contributed by atoms with Crippen molar-refractivity contribution in [2.75, 3.05) is 13.6 Å². The summed E-state index contributed by atoms with van der Waals surface area (Å²) < 4.78 is 0. The number of likely N-dealkylation sites (tertiary alicyclic amines) is 1. The van der Waals surface area contributed by atoms with E-state index in [-0.39, 0.29) is 11.9 Å². The van der Waals surface area contributed by atoms with Crippen molar-refractivity contribution >= 4 is 5.91 Å². The van der Waals surface area contributed by atoms with Crippen LogP contribution in [0.15, 0.2) is 0 Å². The standard InChI is InChI=1S/C6H12N2O.C3H8.C2H6/c1-8-4-2-3-5(8)6(7)9;1-3-2;1-2/h5H,2-4H2,1H3,(H2,7,9);3H2,1-2H3;1-2H3. The first-order valence-electron chi connectivity index (χ1n) is 5.63. The molecule has 0 spiro atoms. The molecule has 0 aliphatic carbocycles. The van der Waals surface area contributed by atoms with Crippen LogP contribution in [-0.4, -0.2) is 30.4 Å². The highest BCUT2D eigenvalue weighted by atomic mass is 16.1. The van der Waals surface area contributed by atoms with Crippen LogP contribution in [0.1, 0.15) is 47.0 Å². The number of nitrogens with zero attached hydrogens (tertiary/aromatic N) is 1. The van der Waals surface area contributed by atoms with Crippen molar-refractivity contribution in [3.8, 4) is 0 Å². The quantitative estimate of drug-likeness (QED) is 0.707. The molecule has 0 aromatic carbocycles. The molecular weight excluding hydrogens is 176 g/mol. The van der Waals surface area contributed by atoms with Crippen molar-refractivity contribution in [2.45, 2.75) is 53.0 Å². The van der Waals surface area contributed by atoms with Gasteiger partial charge in [-0.25, -0.2) is 0 Å². The summed E-state index contributed by atoms with van der Waals surface area (Å²) >= 11 is 0. The minimum atomic E-state index is -0.185. The van der Waals surface area contributed by atoms with Crippen LogP contribution < -0.4 is 5.73 Å². The van der Waals surface area contributed by atoms with Crippen LogP contribution in [0.25, 0.3) is 0 Å². The molecule has 1 fully saturated rings. The highest BCUT2D eigenvalue weighted by Gasteiger charge is 2.24. The fraction of sp³-hybridized carbons (Fsp3) is 0.909. The molecular formula is C11H26N2O. The van der Waals surface area contributed by atoms with Crippen molar-refractivity contribution in [3.63, 3.8) is 0 Å². The summed E-state index contributed by atoms with van der Waals surface area (Å²) in [5.74, 6) is -0.185. The summed E-state index contributed by atoms with van der Waals surface area (Å²) in [6, 6.07) is 0.00463. The lowest BCUT2D eigenvalue weighted by molar-refractivity contribution is -0.121. The second-order valence-electron chi connectivity index (χ2n) is 3.25. The molecule has 1 rings (SSSR count). The number of nitrogens with two attached hydrogens (primary N) is 1. The van der Waals surface area contributed by atoms with E-state index >= 15 is 0 Å². The fourth-order valence-corrected chi connectivity index (χ4v) is 1.27. The molecule has 0 saturated carbocycles. The number of rotatable bonds is 1. The lowest BCUT2D eigenvalue weighted by Gasteiger charge is -2.14. The Kier molecular flexibility index (Phi) is 11.9. The topological polar surface area (TPSA) is 46.3 Å². The summed E-state index contributed by atoms with van der Waals surface area (Å²) in [7, 11) is 1.93. The molecule has 86 valence electrons. The Morgan fingerprint density at radius 2 is 1.86 bits per heavy atom. The maximum absolute atomic E-state index is 10.6. The minimum absolute atomic E-state index is 0.00463. The Hall–Kier alpha value is -0.570. The van der Waals surface area contributed by atoms with Crippen molar-refractivity contribution in [2.24, 2.45) is 5.73 Å². The number of primary amides is 1. The number of carbonyl (C=O) groups excluding carboxylic acids is 1. The molecule has 1 aliphatic rings. The van der Waals surface area contributed by atoms with Gasteiger partial charge in [-0.2, -0.15) is 0 Å². The van der Waals surface area contributed by atoms with Gasteiger partial charge in [-0.05, 0) is 26.4 Å². The molecule has 1 unspecified atom stereocenters. The Balaban J connectivity index is 0. The number of likely N-dealkylation sites (N-methyl/N-ethyl adjacent to an activating group) is 1. The molecule has 1 aliphatic heterocycles. The molecule has 1 heterocycles. The van der Waals surface area contributed by atoms with Gasteiger partial charge < -0.3 is 5.73 Å². The van der Waals surface area contributed by atoms with Crippen molar-refractivity contribution < 1.29 is 4.79 Å². The molecule has 3 nitrogen and oxygen atoms in total. The van der Waals surface area contributed by atoms with Crippen LogP contribution >= 0.6 is 0 Å². The Morgan fingerprint density at radius 1 is 1.43 bits per heavy atom. The Labute approximate surface area is 88.7 Å². The first-order chi connectivity index (χ1) is 6.63. The van der Waals surface area contributed by atoms with E-state index in [1.807, 2.05) is 25.8 Å². The van der Waals surface area contributed by atoms with Gasteiger partial charge in [0.2, 0.25) is 5.91 Å². The van der Waals surface area contributed by atoms with Crippen LogP contribution in [0.4, 0.5) is 0 Å². The zero-order chi connectivity index (χ0) is 11.6. The average Bonchev–Trinajstić information content (AvgIpc) is 2.56. The second kappa shape index (κ2) is 10.5. The van der Waals surface area contributed by atoms with Crippen molar-refractivity contribution in [1.82, 2.24) is 4.90 Å². The zero-order valence-corrected chi connectivity index (χ0v) is 10.3. The van der Waals surface area contributed by atoms with Gasteiger partial charge in [0.1, 0.15) is 0 Å².